The van der Waals surface area contributed by atoms with Gasteiger partial charge in [-0.15, -0.1) is 0 Å². The van der Waals surface area contributed by atoms with Crippen molar-refractivity contribution in [3.8, 4) is 17.6 Å². The van der Waals surface area contributed by atoms with Crippen molar-refractivity contribution in [3.63, 3.8) is 0 Å². The lowest BCUT2D eigenvalue weighted by atomic mass is 9.93. The molecule has 0 fully saturated rings. The van der Waals surface area contributed by atoms with E-state index < -0.39 is 0 Å². The van der Waals surface area contributed by atoms with Crippen molar-refractivity contribution in [3.05, 3.63) is 282 Å². The first-order valence-electron chi connectivity index (χ1n) is 26.5. The number of anilines is 6. The molecule has 13 rings (SSSR count). The van der Waals surface area contributed by atoms with E-state index in [9.17, 15) is 5.26 Å². The van der Waals surface area contributed by atoms with E-state index in [4.69, 9.17) is 16.0 Å². The van der Waals surface area contributed by atoms with Crippen LogP contribution in [0, 0.1) is 17.9 Å². The fourth-order valence-corrected chi connectivity index (χ4v) is 11.4. The van der Waals surface area contributed by atoms with Crippen molar-refractivity contribution in [2.75, 3.05) is 24.0 Å². The van der Waals surface area contributed by atoms with Crippen molar-refractivity contribution in [1.82, 2.24) is 0 Å². The van der Waals surface area contributed by atoms with Crippen LogP contribution in [0.3, 0.4) is 0 Å². The highest BCUT2D eigenvalue weighted by Gasteiger charge is 2.22. The number of methoxy groups -OCH3 is 2. The number of fused-ring (bicyclic) bond motifs is 6. The van der Waals surface area contributed by atoms with Crippen molar-refractivity contribution in [1.29, 1.82) is 5.26 Å². The molecule has 0 heterocycles. The first-order valence-corrected chi connectivity index (χ1v) is 26.5. The molecule has 80 heavy (non-hydrogen) atoms. The summed E-state index contributed by atoms with van der Waals surface area (Å²) in [6.07, 6.45) is 8.32. The Hall–Kier alpha value is -10.9. The highest BCUT2D eigenvalue weighted by molar-refractivity contribution is 6.16. The standard InChI is InChI=1S/C74H50N4O2/c1-76-74-64-41-35-51(28-26-49-30-36-55(37-31-49)77(68-24-12-16-53-14-4-6-18-57(53)68)70-42-44-72(79-2)62-22-10-8-20-60(62)70)46-65(64)67(48-75)59-40-34-52(47-66(59)74)29-27-50-32-38-56(39-33-50)78(69-25-13-17-54-15-5-7-19-58(54)69)71-43-45-73(80-3)63-23-11-9-21-61(63)71/h4-47H,2-3H3/b28-26-,29-27-. The predicted molar refractivity (Wildman–Crippen MR) is 336 cm³/mol. The molecule has 0 spiro atoms. The van der Waals surface area contributed by atoms with Crippen LogP contribution in [0.5, 0.6) is 11.5 Å². The molecule has 13 aromatic carbocycles. The van der Waals surface area contributed by atoms with Gasteiger partial charge < -0.3 is 19.3 Å². The number of ether oxygens (including phenoxy) is 2. The molecular formula is C74H50N4O2. The molecule has 0 aliphatic carbocycles. The summed E-state index contributed by atoms with van der Waals surface area (Å²) in [4.78, 5) is 8.75. The third-order valence-electron chi connectivity index (χ3n) is 15.3. The molecule has 0 bridgehead atoms. The molecule has 0 aromatic heterocycles. The zero-order valence-corrected chi connectivity index (χ0v) is 44.0. The Kier molecular flexibility index (Phi) is 12.7. The minimum Gasteiger partial charge on any atom is -0.496 e. The van der Waals surface area contributed by atoms with Crippen molar-refractivity contribution in [2.24, 2.45) is 0 Å². The number of nitrogens with zero attached hydrogens (tertiary/aromatic N) is 4. The molecule has 0 saturated carbocycles. The second kappa shape index (κ2) is 20.9. The van der Waals surface area contributed by atoms with Gasteiger partial charge in [0.25, 0.3) is 0 Å². The molecule has 0 atom stereocenters. The Labute approximate surface area is 464 Å². The van der Waals surface area contributed by atoms with Gasteiger partial charge in [0.1, 0.15) is 17.6 Å². The second-order valence-electron chi connectivity index (χ2n) is 19.7. The van der Waals surface area contributed by atoms with E-state index in [0.717, 1.165) is 133 Å². The molecular weight excluding hydrogens is 977 g/mol. The summed E-state index contributed by atoms with van der Waals surface area (Å²) in [6, 6.07) is 86.7. The van der Waals surface area contributed by atoms with Crippen LogP contribution in [0.2, 0.25) is 0 Å². The summed E-state index contributed by atoms with van der Waals surface area (Å²) in [6.45, 7) is 8.42. The molecule has 0 N–H and O–H groups in total. The predicted octanol–water partition coefficient (Wildman–Crippen LogP) is 20.3. The molecule has 378 valence electrons. The Morgan fingerprint density at radius 2 is 0.750 bits per heavy atom. The van der Waals surface area contributed by atoms with E-state index in [1.54, 1.807) is 14.2 Å². The third-order valence-corrected chi connectivity index (χ3v) is 15.3. The van der Waals surface area contributed by atoms with Gasteiger partial charge in [0.2, 0.25) is 5.69 Å². The Bertz CT molecular complexity index is 4410. The first kappa shape index (κ1) is 48.7. The molecule has 13 aromatic rings. The molecule has 0 saturated heterocycles. The fraction of sp³-hybridized carbons (Fsp3) is 0.0270. The lowest BCUT2D eigenvalue weighted by Gasteiger charge is -2.28. The number of nitriles is 1. The first-order chi connectivity index (χ1) is 39.5. The van der Waals surface area contributed by atoms with Gasteiger partial charge in [0.05, 0.1) is 49.1 Å². The van der Waals surface area contributed by atoms with Crippen LogP contribution in [-0.2, 0) is 0 Å². The highest BCUT2D eigenvalue weighted by atomic mass is 16.5. The van der Waals surface area contributed by atoms with E-state index in [0.29, 0.717) is 11.3 Å². The van der Waals surface area contributed by atoms with Gasteiger partial charge in [-0.25, -0.2) is 4.85 Å². The second-order valence-corrected chi connectivity index (χ2v) is 19.7. The fourth-order valence-electron chi connectivity index (χ4n) is 11.4. The van der Waals surface area contributed by atoms with Crippen molar-refractivity contribution in [2.45, 2.75) is 0 Å². The average Bonchev–Trinajstić information content (AvgIpc) is 3.54. The average molecular weight is 1030 g/mol. The Balaban J connectivity index is 0.797. The quantitative estimate of drug-likeness (QED) is 0.0693. The maximum atomic E-state index is 10.8. The maximum Gasteiger partial charge on any atom is 0.202 e. The van der Waals surface area contributed by atoms with E-state index in [2.05, 4.69) is 227 Å². The van der Waals surface area contributed by atoms with Crippen LogP contribution in [0.1, 0.15) is 27.8 Å². The van der Waals surface area contributed by atoms with Gasteiger partial charge in [0.15, 0.2) is 0 Å². The Morgan fingerprint density at radius 3 is 1.21 bits per heavy atom. The lowest BCUT2D eigenvalue weighted by Crippen LogP contribution is -2.11. The Morgan fingerprint density at radius 1 is 0.362 bits per heavy atom. The summed E-state index contributed by atoms with van der Waals surface area (Å²) in [7, 11) is 3.43. The smallest absolute Gasteiger partial charge is 0.202 e. The van der Waals surface area contributed by atoms with Gasteiger partial charge in [-0.05, 0) is 121 Å². The van der Waals surface area contributed by atoms with Crippen LogP contribution in [0.4, 0.5) is 39.8 Å². The van der Waals surface area contributed by atoms with E-state index in [-0.39, 0.29) is 0 Å². The van der Waals surface area contributed by atoms with Crippen LogP contribution in [-0.4, -0.2) is 14.2 Å². The highest BCUT2D eigenvalue weighted by Crippen LogP contribution is 2.46. The van der Waals surface area contributed by atoms with Gasteiger partial charge in [0, 0.05) is 43.7 Å². The topological polar surface area (TPSA) is 53.1 Å². The third kappa shape index (κ3) is 8.74. The number of rotatable bonds is 12. The molecule has 0 radical (unpaired) electrons. The summed E-state index contributed by atoms with van der Waals surface area (Å²) in [5.41, 5.74) is 11.3. The summed E-state index contributed by atoms with van der Waals surface area (Å²) in [5.74, 6) is 1.66. The minimum atomic E-state index is 0.527. The number of benzene rings is 13. The molecule has 0 aliphatic rings. The molecule has 0 unspecified atom stereocenters. The van der Waals surface area contributed by atoms with Crippen LogP contribution in [0.15, 0.2) is 243 Å². The molecule has 0 aliphatic heterocycles. The maximum absolute atomic E-state index is 10.8. The van der Waals surface area contributed by atoms with Crippen molar-refractivity contribution >= 4 is 129 Å². The number of hydrogen-bond acceptors (Lipinski definition) is 5. The monoisotopic (exact) mass is 1030 g/mol. The van der Waals surface area contributed by atoms with Gasteiger partial charge in [-0.3, -0.25) is 0 Å². The van der Waals surface area contributed by atoms with Gasteiger partial charge in [-0.2, -0.15) is 5.26 Å². The lowest BCUT2D eigenvalue weighted by molar-refractivity contribution is 0.420. The van der Waals surface area contributed by atoms with Crippen LogP contribution < -0.4 is 19.3 Å². The zero-order valence-electron chi connectivity index (χ0n) is 44.0. The molecule has 6 heteroatoms. The van der Waals surface area contributed by atoms with E-state index in [1.165, 1.54) is 0 Å². The van der Waals surface area contributed by atoms with Crippen LogP contribution >= 0.6 is 0 Å². The summed E-state index contributed by atoms with van der Waals surface area (Å²) in [5, 5.41) is 22.6. The SMILES string of the molecule is [C-]#[N+]c1c2ccc(/C=C\c3ccc(N(c4cccc5ccccc45)c4ccc(OC)c5ccccc45)cc3)cc2c(C#N)c2ccc(/C=C\c3ccc(N(c4cccc5ccccc45)c4ccc(OC)c5ccccc45)cc3)cc12. The normalized spacial score (nSPS) is 11.5. The van der Waals surface area contributed by atoms with Crippen LogP contribution in [0.25, 0.3) is 93.8 Å². The zero-order chi connectivity index (χ0) is 54.1. The summed E-state index contributed by atoms with van der Waals surface area (Å²) >= 11 is 0. The van der Waals surface area contributed by atoms with E-state index >= 15 is 0 Å². The molecule has 6 nitrogen and oxygen atoms in total. The summed E-state index contributed by atoms with van der Waals surface area (Å²) < 4.78 is 11.6. The van der Waals surface area contributed by atoms with Gasteiger partial charge in [-0.1, -0.05) is 200 Å². The largest absolute Gasteiger partial charge is 0.496 e. The number of hydrogen-bond donors (Lipinski definition) is 0. The van der Waals surface area contributed by atoms with Gasteiger partial charge >= 0.3 is 0 Å². The molecule has 0 amide bonds. The van der Waals surface area contributed by atoms with Crippen molar-refractivity contribution < 1.29 is 9.47 Å². The minimum absolute atomic E-state index is 0.527. The van der Waals surface area contributed by atoms with E-state index in [1.807, 2.05) is 60.7 Å².